The van der Waals surface area contributed by atoms with Gasteiger partial charge in [-0.2, -0.15) is 0 Å². The summed E-state index contributed by atoms with van der Waals surface area (Å²) in [5.74, 6) is 0.884. The number of amides is 2. The Labute approximate surface area is 132 Å². The van der Waals surface area contributed by atoms with Crippen LogP contribution in [0, 0.1) is 0 Å². The monoisotopic (exact) mass is 316 g/mol. The molecule has 1 aliphatic heterocycles. The number of benzene rings is 1. The number of ether oxygens (including phenoxy) is 2. The zero-order valence-electron chi connectivity index (χ0n) is 12.3. The summed E-state index contributed by atoms with van der Waals surface area (Å²) in [4.78, 5) is 23.7. The number of hydrogen-bond acceptors (Lipinski definition) is 5. The number of furan rings is 1. The van der Waals surface area contributed by atoms with E-state index in [9.17, 15) is 9.59 Å². The Morgan fingerprint density at radius 2 is 1.70 bits per heavy atom. The van der Waals surface area contributed by atoms with Crippen molar-refractivity contribution in [3.05, 3.63) is 47.9 Å². The predicted octanol–water partition coefficient (Wildman–Crippen LogP) is 1.21. The number of carbonyl (C=O) groups is 2. The maximum absolute atomic E-state index is 12.1. The lowest BCUT2D eigenvalue weighted by Gasteiger charge is -2.18. The fourth-order valence-corrected chi connectivity index (χ4v) is 2.13. The molecular weight excluding hydrogens is 300 g/mol. The Kier molecular flexibility index (Phi) is 4.46. The Hall–Kier alpha value is -2.96. The summed E-state index contributed by atoms with van der Waals surface area (Å²) in [6, 6.07) is 8.24. The average Bonchev–Trinajstić information content (AvgIpc) is 3.12. The van der Waals surface area contributed by atoms with Gasteiger partial charge in [0.15, 0.2) is 17.3 Å². The van der Waals surface area contributed by atoms with Gasteiger partial charge >= 0.3 is 0 Å². The molecule has 0 saturated carbocycles. The molecule has 7 heteroatoms. The molecule has 0 spiro atoms. The summed E-state index contributed by atoms with van der Waals surface area (Å²) >= 11 is 0. The minimum absolute atomic E-state index is 0.239. The molecular formula is C16H16N2O5. The molecule has 1 aliphatic rings. The van der Waals surface area contributed by atoms with Crippen LogP contribution < -0.4 is 20.1 Å². The van der Waals surface area contributed by atoms with Gasteiger partial charge in [-0.1, -0.05) is 0 Å². The highest BCUT2D eigenvalue weighted by Gasteiger charge is 2.14. The number of nitrogens with one attached hydrogen (secondary N) is 2. The highest BCUT2D eigenvalue weighted by Crippen LogP contribution is 2.30. The van der Waals surface area contributed by atoms with Gasteiger partial charge in [0.05, 0.1) is 6.26 Å². The molecule has 120 valence electrons. The van der Waals surface area contributed by atoms with Gasteiger partial charge in [-0.3, -0.25) is 9.59 Å². The standard InChI is InChI=1S/C16H16N2O5/c19-15(11-3-4-12-14(10-11)23-9-8-22-12)17-5-6-18-16(20)13-2-1-7-21-13/h1-4,7,10H,5-6,8-9H2,(H,17,19)(H,18,20). The van der Waals surface area contributed by atoms with Crippen LogP contribution in [0.4, 0.5) is 0 Å². The quantitative estimate of drug-likeness (QED) is 0.809. The van der Waals surface area contributed by atoms with E-state index in [1.54, 1.807) is 30.3 Å². The van der Waals surface area contributed by atoms with Crippen molar-refractivity contribution in [1.29, 1.82) is 0 Å². The van der Waals surface area contributed by atoms with Crippen LogP contribution >= 0.6 is 0 Å². The molecule has 2 N–H and O–H groups in total. The molecule has 2 heterocycles. The topological polar surface area (TPSA) is 89.8 Å². The summed E-state index contributed by atoms with van der Waals surface area (Å²) in [5.41, 5.74) is 0.478. The predicted molar refractivity (Wildman–Crippen MR) is 80.8 cm³/mol. The second-order valence-electron chi connectivity index (χ2n) is 4.85. The summed E-state index contributed by atoms with van der Waals surface area (Å²) < 4.78 is 15.8. The van der Waals surface area contributed by atoms with Gasteiger partial charge in [-0.15, -0.1) is 0 Å². The number of hydrogen-bond donors (Lipinski definition) is 2. The number of carbonyl (C=O) groups excluding carboxylic acids is 2. The van der Waals surface area contributed by atoms with Crippen LogP contribution in [0.3, 0.4) is 0 Å². The fourth-order valence-electron chi connectivity index (χ4n) is 2.13. The lowest BCUT2D eigenvalue weighted by Crippen LogP contribution is -2.34. The molecule has 0 unspecified atom stereocenters. The van der Waals surface area contributed by atoms with Gasteiger partial charge in [-0.05, 0) is 30.3 Å². The smallest absolute Gasteiger partial charge is 0.287 e. The van der Waals surface area contributed by atoms with Crippen molar-refractivity contribution in [2.45, 2.75) is 0 Å². The second-order valence-corrected chi connectivity index (χ2v) is 4.85. The van der Waals surface area contributed by atoms with Crippen molar-refractivity contribution < 1.29 is 23.5 Å². The van der Waals surface area contributed by atoms with Gasteiger partial charge in [0.25, 0.3) is 11.8 Å². The Bertz CT molecular complexity index is 697. The minimum Gasteiger partial charge on any atom is -0.486 e. The van der Waals surface area contributed by atoms with Gasteiger partial charge in [0.2, 0.25) is 0 Å². The third kappa shape index (κ3) is 3.63. The van der Waals surface area contributed by atoms with Crippen LogP contribution in [0.1, 0.15) is 20.9 Å². The minimum atomic E-state index is -0.316. The first-order valence-electron chi connectivity index (χ1n) is 7.23. The van der Waals surface area contributed by atoms with Gasteiger partial charge in [0, 0.05) is 18.7 Å². The van der Waals surface area contributed by atoms with Crippen LogP contribution in [-0.4, -0.2) is 38.1 Å². The first-order chi connectivity index (χ1) is 11.2. The molecule has 0 aliphatic carbocycles. The molecule has 23 heavy (non-hydrogen) atoms. The summed E-state index contributed by atoms with van der Waals surface area (Å²) in [7, 11) is 0. The van der Waals surface area contributed by atoms with E-state index < -0.39 is 0 Å². The third-order valence-electron chi connectivity index (χ3n) is 3.25. The van der Waals surface area contributed by atoms with Crippen molar-refractivity contribution in [3.63, 3.8) is 0 Å². The fraction of sp³-hybridized carbons (Fsp3) is 0.250. The van der Waals surface area contributed by atoms with E-state index >= 15 is 0 Å². The third-order valence-corrected chi connectivity index (χ3v) is 3.25. The molecule has 7 nitrogen and oxygen atoms in total. The molecule has 1 aromatic heterocycles. The normalized spacial score (nSPS) is 12.5. The van der Waals surface area contributed by atoms with Crippen molar-refractivity contribution in [1.82, 2.24) is 10.6 Å². The van der Waals surface area contributed by atoms with Crippen molar-refractivity contribution >= 4 is 11.8 Å². The molecule has 0 radical (unpaired) electrons. The van der Waals surface area contributed by atoms with Crippen LogP contribution in [-0.2, 0) is 0 Å². The van der Waals surface area contributed by atoms with E-state index in [2.05, 4.69) is 10.6 Å². The summed E-state index contributed by atoms with van der Waals surface area (Å²) in [6.07, 6.45) is 1.43. The molecule has 2 amide bonds. The molecule has 1 aromatic carbocycles. The van der Waals surface area contributed by atoms with Crippen molar-refractivity contribution in [2.24, 2.45) is 0 Å². The van der Waals surface area contributed by atoms with E-state index in [-0.39, 0.29) is 17.6 Å². The molecule has 0 fully saturated rings. The Morgan fingerprint density at radius 1 is 0.957 bits per heavy atom. The maximum atomic E-state index is 12.1. The van der Waals surface area contributed by atoms with E-state index in [1.807, 2.05) is 0 Å². The van der Waals surface area contributed by atoms with Crippen LogP contribution in [0.5, 0.6) is 11.5 Å². The zero-order chi connectivity index (χ0) is 16.1. The lowest BCUT2D eigenvalue weighted by molar-refractivity contribution is 0.0910. The van der Waals surface area contributed by atoms with E-state index in [0.717, 1.165) is 0 Å². The summed E-state index contributed by atoms with van der Waals surface area (Å²) in [6.45, 7) is 1.58. The lowest BCUT2D eigenvalue weighted by atomic mass is 10.2. The maximum Gasteiger partial charge on any atom is 0.287 e. The first kappa shape index (κ1) is 15.0. The summed E-state index contributed by atoms with van der Waals surface area (Å²) in [5, 5.41) is 5.38. The van der Waals surface area contributed by atoms with E-state index in [0.29, 0.717) is 43.4 Å². The Morgan fingerprint density at radius 3 is 2.43 bits per heavy atom. The number of fused-ring (bicyclic) bond motifs is 1. The first-order valence-corrected chi connectivity index (χ1v) is 7.23. The van der Waals surface area contributed by atoms with Crippen LogP contribution in [0.15, 0.2) is 41.0 Å². The molecule has 3 rings (SSSR count). The van der Waals surface area contributed by atoms with E-state index in [4.69, 9.17) is 13.9 Å². The SMILES string of the molecule is O=C(NCCNC(=O)c1ccco1)c1ccc2c(c1)OCCO2. The van der Waals surface area contributed by atoms with Gasteiger partial charge < -0.3 is 24.5 Å². The molecule has 0 atom stereocenters. The Balaban J connectivity index is 1.47. The van der Waals surface area contributed by atoms with Crippen LogP contribution in [0.2, 0.25) is 0 Å². The molecule has 0 bridgehead atoms. The molecule has 0 saturated heterocycles. The highest BCUT2D eigenvalue weighted by atomic mass is 16.6. The average molecular weight is 316 g/mol. The largest absolute Gasteiger partial charge is 0.486 e. The van der Waals surface area contributed by atoms with Gasteiger partial charge in [0.1, 0.15) is 13.2 Å². The van der Waals surface area contributed by atoms with Crippen LogP contribution in [0.25, 0.3) is 0 Å². The van der Waals surface area contributed by atoms with Crippen molar-refractivity contribution in [3.8, 4) is 11.5 Å². The van der Waals surface area contributed by atoms with Crippen molar-refractivity contribution in [2.75, 3.05) is 26.3 Å². The molecule has 2 aromatic rings. The van der Waals surface area contributed by atoms with E-state index in [1.165, 1.54) is 6.26 Å². The highest BCUT2D eigenvalue weighted by molar-refractivity contribution is 5.95. The number of rotatable bonds is 5. The second kappa shape index (κ2) is 6.87. The zero-order valence-corrected chi connectivity index (χ0v) is 12.3. The van der Waals surface area contributed by atoms with Gasteiger partial charge in [-0.25, -0.2) is 0 Å².